The molecule has 0 spiro atoms. The van der Waals surface area contributed by atoms with Crippen LogP contribution in [0, 0.1) is 0 Å². The summed E-state index contributed by atoms with van der Waals surface area (Å²) < 4.78 is 16.1. The number of esters is 1. The second kappa shape index (κ2) is 10.7. The van der Waals surface area contributed by atoms with Crippen LogP contribution in [0.5, 0.6) is 11.5 Å². The molecule has 8 nitrogen and oxygen atoms in total. The van der Waals surface area contributed by atoms with Crippen LogP contribution >= 0.6 is 11.8 Å². The Labute approximate surface area is 208 Å². The maximum absolute atomic E-state index is 12.9. The van der Waals surface area contributed by atoms with Gasteiger partial charge in [0.2, 0.25) is 5.91 Å². The summed E-state index contributed by atoms with van der Waals surface area (Å²) >= 11 is 1.42. The van der Waals surface area contributed by atoms with E-state index in [0.29, 0.717) is 34.5 Å². The lowest BCUT2D eigenvalue weighted by Crippen LogP contribution is -2.38. The van der Waals surface area contributed by atoms with Crippen molar-refractivity contribution >= 4 is 28.8 Å². The predicted octanol–water partition coefficient (Wildman–Crippen LogP) is 4.16. The number of methoxy groups -OCH3 is 3. The van der Waals surface area contributed by atoms with Crippen LogP contribution < -0.4 is 14.8 Å². The van der Waals surface area contributed by atoms with Crippen molar-refractivity contribution < 1.29 is 23.8 Å². The van der Waals surface area contributed by atoms with E-state index >= 15 is 0 Å². The zero-order chi connectivity index (χ0) is 24.9. The van der Waals surface area contributed by atoms with E-state index in [1.165, 1.54) is 18.9 Å². The van der Waals surface area contributed by atoms with Crippen LogP contribution in [0.3, 0.4) is 0 Å². The fourth-order valence-corrected chi connectivity index (χ4v) is 5.07. The molecule has 0 saturated heterocycles. The number of nitrogens with zero attached hydrogens (tertiary/aromatic N) is 2. The number of allylic oxidation sites excluding steroid dienone is 1. The molecule has 182 valence electrons. The third-order valence-electron chi connectivity index (χ3n) is 5.82. The smallest absolute Gasteiger partial charge is 0.338 e. The fraction of sp³-hybridized carbons (Fsp3) is 0.269. The summed E-state index contributed by atoms with van der Waals surface area (Å²) in [5.41, 5.74) is 3.43. The van der Waals surface area contributed by atoms with Gasteiger partial charge in [0.25, 0.3) is 0 Å². The van der Waals surface area contributed by atoms with Gasteiger partial charge < -0.3 is 24.4 Å². The number of fused-ring (bicyclic) bond motifs is 1. The summed E-state index contributed by atoms with van der Waals surface area (Å²) in [5, 5.41) is 5.55. The lowest BCUT2D eigenvalue weighted by molar-refractivity contribution is -0.136. The van der Waals surface area contributed by atoms with Gasteiger partial charge in [0.15, 0.2) is 5.17 Å². The number of nitrogens with one attached hydrogen (secondary N) is 1. The Morgan fingerprint density at radius 1 is 1.09 bits per heavy atom. The summed E-state index contributed by atoms with van der Waals surface area (Å²) in [5.74, 6) is 0.559. The van der Waals surface area contributed by atoms with Gasteiger partial charge in [-0.1, -0.05) is 42.1 Å². The van der Waals surface area contributed by atoms with Crippen molar-refractivity contribution in [2.24, 2.45) is 4.99 Å². The van der Waals surface area contributed by atoms with E-state index in [4.69, 9.17) is 14.2 Å². The van der Waals surface area contributed by atoms with Gasteiger partial charge in [0.05, 0.1) is 45.1 Å². The van der Waals surface area contributed by atoms with Crippen molar-refractivity contribution in [3.8, 4) is 11.5 Å². The summed E-state index contributed by atoms with van der Waals surface area (Å²) in [7, 11) is 4.49. The normalized spacial score (nSPS) is 16.8. The van der Waals surface area contributed by atoms with Crippen LogP contribution in [-0.4, -0.2) is 43.3 Å². The molecule has 2 aromatic carbocycles. The van der Waals surface area contributed by atoms with Crippen molar-refractivity contribution in [3.05, 3.63) is 82.0 Å². The fourth-order valence-electron chi connectivity index (χ4n) is 4.10. The zero-order valence-corrected chi connectivity index (χ0v) is 20.8. The molecule has 4 rings (SSSR count). The minimum Gasteiger partial charge on any atom is -0.497 e. The molecule has 0 radical (unpaired) electrons. The highest BCUT2D eigenvalue weighted by Gasteiger charge is 2.42. The first-order valence-corrected chi connectivity index (χ1v) is 11.9. The Morgan fingerprint density at radius 3 is 2.54 bits per heavy atom. The Hall–Kier alpha value is -3.72. The first-order valence-electron chi connectivity index (χ1n) is 11.0. The van der Waals surface area contributed by atoms with Crippen LogP contribution in [0.25, 0.3) is 0 Å². The van der Waals surface area contributed by atoms with Crippen molar-refractivity contribution in [2.45, 2.75) is 25.9 Å². The molecule has 2 heterocycles. The number of amides is 1. The summed E-state index contributed by atoms with van der Waals surface area (Å²) in [6.45, 7) is 2.22. The van der Waals surface area contributed by atoms with Gasteiger partial charge in [-0.15, -0.1) is 0 Å². The highest BCUT2D eigenvalue weighted by molar-refractivity contribution is 8.16. The number of ether oxygens (including phenoxy) is 3. The molecule has 0 unspecified atom stereocenters. The van der Waals surface area contributed by atoms with Gasteiger partial charge in [0, 0.05) is 23.9 Å². The Kier molecular flexibility index (Phi) is 7.45. The van der Waals surface area contributed by atoms with Crippen LogP contribution in [0.15, 0.2) is 75.9 Å². The lowest BCUT2D eigenvalue weighted by Gasteiger charge is -2.36. The number of benzene rings is 2. The van der Waals surface area contributed by atoms with Crippen LogP contribution in [-0.2, 0) is 20.9 Å². The van der Waals surface area contributed by atoms with Crippen molar-refractivity contribution in [1.29, 1.82) is 0 Å². The van der Waals surface area contributed by atoms with Crippen molar-refractivity contribution in [3.63, 3.8) is 0 Å². The van der Waals surface area contributed by atoms with E-state index in [0.717, 1.165) is 16.8 Å². The molecule has 2 aliphatic heterocycles. The number of aliphatic imine (C=N–C) groups is 1. The first-order chi connectivity index (χ1) is 17.0. The van der Waals surface area contributed by atoms with Crippen molar-refractivity contribution in [2.75, 3.05) is 21.3 Å². The minimum absolute atomic E-state index is 0.126. The Balaban J connectivity index is 1.67. The molecular weight excluding hydrogens is 466 g/mol. The molecule has 35 heavy (non-hydrogen) atoms. The largest absolute Gasteiger partial charge is 0.497 e. The molecule has 2 aromatic rings. The van der Waals surface area contributed by atoms with Gasteiger partial charge in [-0.3, -0.25) is 4.79 Å². The van der Waals surface area contributed by atoms with Crippen LogP contribution in [0.2, 0.25) is 0 Å². The molecule has 0 aliphatic carbocycles. The Morgan fingerprint density at radius 2 is 1.86 bits per heavy atom. The molecule has 0 aromatic heterocycles. The number of rotatable bonds is 8. The molecule has 2 aliphatic rings. The average molecular weight is 494 g/mol. The van der Waals surface area contributed by atoms with Gasteiger partial charge >= 0.3 is 5.97 Å². The van der Waals surface area contributed by atoms with E-state index in [2.05, 4.69) is 10.3 Å². The molecule has 1 amide bonds. The topological polar surface area (TPSA) is 89.5 Å². The lowest BCUT2D eigenvalue weighted by atomic mass is 9.93. The monoisotopic (exact) mass is 493 g/mol. The highest BCUT2D eigenvalue weighted by Crippen LogP contribution is 2.47. The zero-order valence-electron chi connectivity index (χ0n) is 20.0. The van der Waals surface area contributed by atoms with E-state index in [1.807, 2.05) is 52.8 Å². The predicted molar refractivity (Wildman–Crippen MR) is 135 cm³/mol. The molecule has 9 heteroatoms. The van der Waals surface area contributed by atoms with Gasteiger partial charge in [-0.2, -0.15) is 0 Å². The van der Waals surface area contributed by atoms with E-state index < -0.39 is 12.0 Å². The molecule has 0 fully saturated rings. The molecule has 1 atom stereocenters. The number of amidine groups is 1. The van der Waals surface area contributed by atoms with Gasteiger partial charge in [-0.25, -0.2) is 9.79 Å². The number of carbonyl (C=O) groups excluding carboxylic acids is 2. The van der Waals surface area contributed by atoms with E-state index in [9.17, 15) is 9.59 Å². The Bertz CT molecular complexity index is 1220. The first kappa shape index (κ1) is 24.4. The highest BCUT2D eigenvalue weighted by atomic mass is 32.2. The second-order valence-electron chi connectivity index (χ2n) is 7.93. The van der Waals surface area contributed by atoms with Crippen LogP contribution in [0.4, 0.5) is 0 Å². The summed E-state index contributed by atoms with van der Waals surface area (Å²) in [6.07, 6.45) is 0.126. The molecule has 1 N–H and O–H groups in total. The number of carbonyl (C=O) groups is 2. The number of hydrogen-bond acceptors (Lipinski definition) is 8. The minimum atomic E-state index is -0.584. The molecule has 0 saturated carbocycles. The number of thioether (sulfide) groups is 1. The maximum atomic E-state index is 12.9. The quantitative estimate of drug-likeness (QED) is 0.553. The third kappa shape index (κ3) is 5.05. The van der Waals surface area contributed by atoms with Gasteiger partial charge in [0.1, 0.15) is 11.5 Å². The summed E-state index contributed by atoms with van der Waals surface area (Å²) in [4.78, 5) is 32.3. The maximum Gasteiger partial charge on any atom is 0.338 e. The van der Waals surface area contributed by atoms with Crippen LogP contribution in [0.1, 0.15) is 30.5 Å². The molecular formula is C26H27N3O5S. The standard InChI is InChI=1S/C26H27N3O5S/c1-16-23(25(31)34-4)24(20-11-10-19(32-2)13-21(20)33-3)29-18(15-35-26(29)28-16)12-22(30)27-14-17-8-6-5-7-9-17/h5-11,13,15,24H,12,14H2,1-4H3,(H,27,30)/t24-/m1/s1. The van der Waals surface area contributed by atoms with Crippen molar-refractivity contribution in [1.82, 2.24) is 10.2 Å². The second-order valence-corrected chi connectivity index (χ2v) is 8.77. The average Bonchev–Trinajstić information content (AvgIpc) is 3.28. The van der Waals surface area contributed by atoms with E-state index in [-0.39, 0.29) is 12.3 Å². The number of hydrogen-bond donors (Lipinski definition) is 1. The summed E-state index contributed by atoms with van der Waals surface area (Å²) in [6, 6.07) is 14.6. The SMILES string of the molecule is COC(=O)C1=C(C)N=C2SC=C(CC(=O)NCc3ccccc3)N2[C@@H]1c1ccc(OC)cc1OC. The van der Waals surface area contributed by atoms with Gasteiger partial charge in [-0.05, 0) is 30.0 Å². The van der Waals surface area contributed by atoms with E-state index in [1.54, 1.807) is 27.2 Å². The molecule has 0 bridgehead atoms. The third-order valence-corrected chi connectivity index (χ3v) is 6.70.